The fourth-order valence-corrected chi connectivity index (χ4v) is 4.37. The van der Waals surface area contributed by atoms with Crippen LogP contribution in [-0.4, -0.2) is 24.6 Å². The van der Waals surface area contributed by atoms with Crippen LogP contribution in [0.15, 0.2) is 51.4 Å². The molecule has 0 aliphatic rings. The third-order valence-corrected chi connectivity index (χ3v) is 6.17. The molecule has 160 valence electrons. The number of hydrogen-bond donors (Lipinski definition) is 1. The normalized spacial score (nSPS) is 12.3. The number of halogens is 2. The lowest BCUT2D eigenvalue weighted by Crippen LogP contribution is -2.38. The van der Waals surface area contributed by atoms with Gasteiger partial charge in [0.15, 0.2) is 11.2 Å². The molecule has 0 radical (unpaired) electrons. The zero-order chi connectivity index (χ0) is 22.3. The highest BCUT2D eigenvalue weighted by Gasteiger charge is 2.22. The second-order valence-corrected chi connectivity index (χ2v) is 8.23. The molecule has 8 nitrogen and oxygen atoms in total. The van der Waals surface area contributed by atoms with Crippen LogP contribution in [0.25, 0.3) is 11.2 Å². The van der Waals surface area contributed by atoms with E-state index in [2.05, 4.69) is 10.3 Å². The third-order valence-electron chi connectivity index (χ3n) is 4.94. The van der Waals surface area contributed by atoms with E-state index in [1.54, 1.807) is 12.1 Å². The number of nitrogens with zero attached hydrogens (tertiary/aromatic N) is 4. The Balaban J connectivity index is 1.70. The number of carbonyl (C=O) groups is 1. The zero-order valence-electron chi connectivity index (χ0n) is 16.5. The Morgan fingerprint density at radius 3 is 2.55 bits per heavy atom. The minimum atomic E-state index is -0.598. The maximum atomic E-state index is 13.4. The van der Waals surface area contributed by atoms with Crippen molar-refractivity contribution in [2.24, 2.45) is 14.1 Å². The van der Waals surface area contributed by atoms with E-state index in [-0.39, 0.29) is 28.8 Å². The van der Waals surface area contributed by atoms with Gasteiger partial charge >= 0.3 is 5.69 Å². The monoisotopic (exact) mass is 461 g/mol. The van der Waals surface area contributed by atoms with E-state index < -0.39 is 23.2 Å². The molecule has 0 saturated carbocycles. The van der Waals surface area contributed by atoms with Gasteiger partial charge in [-0.2, -0.15) is 4.98 Å². The van der Waals surface area contributed by atoms with Crippen LogP contribution in [0.4, 0.5) is 4.39 Å². The van der Waals surface area contributed by atoms with Gasteiger partial charge < -0.3 is 5.32 Å². The summed E-state index contributed by atoms with van der Waals surface area (Å²) in [6.07, 6.45) is 0. The van der Waals surface area contributed by atoms with E-state index in [4.69, 9.17) is 11.6 Å². The van der Waals surface area contributed by atoms with Crippen molar-refractivity contribution in [3.63, 3.8) is 0 Å². The summed E-state index contributed by atoms with van der Waals surface area (Å²) in [5.41, 5.74) is -0.286. The number of fused-ring (bicyclic) bond motifs is 1. The second kappa shape index (κ2) is 8.12. The van der Waals surface area contributed by atoms with Gasteiger partial charge in [0, 0.05) is 19.0 Å². The molecule has 11 heteroatoms. The van der Waals surface area contributed by atoms with Gasteiger partial charge in [-0.3, -0.25) is 23.3 Å². The summed E-state index contributed by atoms with van der Waals surface area (Å²) < 4.78 is 16.8. The SMILES string of the molecule is Cn1c(=O)c2c(nc(Cl)n2CC(=O)NC(c2ccc(F)cc2)c2cccs2)n(C)c1=O. The van der Waals surface area contributed by atoms with E-state index in [1.165, 1.54) is 46.7 Å². The number of aromatic nitrogens is 4. The van der Waals surface area contributed by atoms with Gasteiger partial charge in [-0.05, 0) is 40.7 Å². The maximum Gasteiger partial charge on any atom is 0.332 e. The van der Waals surface area contributed by atoms with Gasteiger partial charge in [0.05, 0.1) is 6.04 Å². The summed E-state index contributed by atoms with van der Waals surface area (Å²) in [5.74, 6) is -0.807. The third kappa shape index (κ3) is 3.79. The molecule has 31 heavy (non-hydrogen) atoms. The van der Waals surface area contributed by atoms with Crippen molar-refractivity contribution in [3.8, 4) is 0 Å². The van der Waals surface area contributed by atoms with Gasteiger partial charge in [-0.1, -0.05) is 18.2 Å². The van der Waals surface area contributed by atoms with Crippen LogP contribution in [0, 0.1) is 5.82 Å². The average Bonchev–Trinajstić information content (AvgIpc) is 3.39. The van der Waals surface area contributed by atoms with Crippen molar-refractivity contribution >= 4 is 40.0 Å². The highest BCUT2D eigenvalue weighted by Crippen LogP contribution is 2.26. The minimum absolute atomic E-state index is 0.0548. The Morgan fingerprint density at radius 2 is 1.90 bits per heavy atom. The highest BCUT2D eigenvalue weighted by atomic mass is 35.5. The van der Waals surface area contributed by atoms with E-state index in [0.29, 0.717) is 5.56 Å². The van der Waals surface area contributed by atoms with Crippen molar-refractivity contribution in [2.45, 2.75) is 12.6 Å². The van der Waals surface area contributed by atoms with Gasteiger partial charge in [0.25, 0.3) is 5.56 Å². The lowest BCUT2D eigenvalue weighted by molar-refractivity contribution is -0.122. The van der Waals surface area contributed by atoms with Crippen molar-refractivity contribution in [2.75, 3.05) is 0 Å². The van der Waals surface area contributed by atoms with Crippen LogP contribution >= 0.6 is 22.9 Å². The molecule has 0 aliphatic carbocycles. The number of rotatable bonds is 5. The van der Waals surface area contributed by atoms with Crippen molar-refractivity contribution < 1.29 is 9.18 Å². The summed E-state index contributed by atoms with van der Waals surface area (Å²) in [4.78, 5) is 42.7. The topological polar surface area (TPSA) is 90.9 Å². The number of carbonyl (C=O) groups excluding carboxylic acids is 1. The van der Waals surface area contributed by atoms with Gasteiger partial charge in [0.1, 0.15) is 12.4 Å². The zero-order valence-corrected chi connectivity index (χ0v) is 18.1. The van der Waals surface area contributed by atoms with Gasteiger partial charge in [0.2, 0.25) is 11.2 Å². The Morgan fingerprint density at radius 1 is 1.19 bits per heavy atom. The summed E-state index contributed by atoms with van der Waals surface area (Å²) in [7, 11) is 2.82. The molecule has 4 rings (SSSR count). The molecule has 3 heterocycles. The first kappa shape index (κ1) is 21.0. The largest absolute Gasteiger partial charge is 0.343 e. The lowest BCUT2D eigenvalue weighted by atomic mass is 10.1. The first-order chi connectivity index (χ1) is 14.8. The molecule has 0 fully saturated rings. The number of imidazole rings is 1. The van der Waals surface area contributed by atoms with E-state index in [9.17, 15) is 18.8 Å². The molecule has 1 aromatic carbocycles. The van der Waals surface area contributed by atoms with Crippen LogP contribution in [-0.2, 0) is 25.4 Å². The summed E-state index contributed by atoms with van der Waals surface area (Å²) in [6, 6.07) is 9.07. The van der Waals surface area contributed by atoms with Crippen LogP contribution in [0.3, 0.4) is 0 Å². The Kier molecular flexibility index (Phi) is 5.50. The van der Waals surface area contributed by atoms with Gasteiger partial charge in [-0.15, -0.1) is 11.3 Å². The first-order valence-corrected chi connectivity index (χ1v) is 10.4. The molecule has 0 aliphatic heterocycles. The molecule has 0 saturated heterocycles. The fraction of sp³-hybridized carbons (Fsp3) is 0.200. The summed E-state index contributed by atoms with van der Waals surface area (Å²) in [6.45, 7) is -0.286. The summed E-state index contributed by atoms with van der Waals surface area (Å²) in [5, 5.41) is 4.70. The Bertz CT molecular complexity index is 1390. The van der Waals surface area contributed by atoms with Crippen LogP contribution < -0.4 is 16.6 Å². The number of aryl methyl sites for hydroxylation is 1. The van der Waals surface area contributed by atoms with Crippen LogP contribution in [0.5, 0.6) is 0 Å². The molecule has 1 amide bonds. The van der Waals surface area contributed by atoms with Gasteiger partial charge in [-0.25, -0.2) is 9.18 Å². The minimum Gasteiger partial charge on any atom is -0.343 e. The first-order valence-electron chi connectivity index (χ1n) is 9.18. The smallest absolute Gasteiger partial charge is 0.332 e. The van der Waals surface area contributed by atoms with Crippen molar-refractivity contribution in [1.82, 2.24) is 24.0 Å². The van der Waals surface area contributed by atoms with Crippen LogP contribution in [0.2, 0.25) is 5.28 Å². The molecule has 1 atom stereocenters. The van der Waals surface area contributed by atoms with Crippen LogP contribution in [0.1, 0.15) is 16.5 Å². The van der Waals surface area contributed by atoms with E-state index >= 15 is 0 Å². The van der Waals surface area contributed by atoms with Crippen molar-refractivity contribution in [3.05, 3.63) is 84.2 Å². The summed E-state index contributed by atoms with van der Waals surface area (Å²) >= 11 is 7.65. The maximum absolute atomic E-state index is 13.4. The Hall–Kier alpha value is -3.24. The number of benzene rings is 1. The lowest BCUT2D eigenvalue weighted by Gasteiger charge is -2.18. The molecular formula is C20H17ClFN5O3S. The highest BCUT2D eigenvalue weighted by molar-refractivity contribution is 7.10. The number of nitrogens with one attached hydrogen (secondary N) is 1. The predicted octanol–water partition coefficient (Wildman–Crippen LogP) is 2.19. The Labute approximate surface area is 184 Å². The van der Waals surface area contributed by atoms with E-state index in [0.717, 1.165) is 9.44 Å². The molecule has 0 bridgehead atoms. The molecule has 4 aromatic rings. The number of hydrogen-bond acceptors (Lipinski definition) is 5. The van der Waals surface area contributed by atoms with E-state index in [1.807, 2.05) is 17.5 Å². The predicted molar refractivity (Wildman–Crippen MR) is 116 cm³/mol. The second-order valence-electron chi connectivity index (χ2n) is 6.91. The number of amides is 1. The average molecular weight is 462 g/mol. The standard InChI is InChI=1S/C20H17ClFN5O3S/c1-25-17-16(18(29)26(2)20(25)30)27(19(21)24-17)10-14(28)23-15(13-4-3-9-31-13)11-5-7-12(22)8-6-11/h3-9,15H,10H2,1-2H3,(H,23,28). The molecular weight excluding hydrogens is 445 g/mol. The fourth-order valence-electron chi connectivity index (χ4n) is 3.34. The number of thiophene rings is 1. The quantitative estimate of drug-likeness (QED) is 0.461. The van der Waals surface area contributed by atoms with Crippen molar-refractivity contribution in [1.29, 1.82) is 0 Å². The molecule has 0 spiro atoms. The molecule has 1 N–H and O–H groups in total. The molecule has 3 aromatic heterocycles. The molecule has 1 unspecified atom stereocenters.